The highest BCUT2D eigenvalue weighted by atomic mass is 32.1. The maximum atomic E-state index is 9.89. The zero-order valence-corrected chi connectivity index (χ0v) is 4.49. The van der Waals surface area contributed by atoms with Crippen molar-refractivity contribution in [1.29, 1.82) is 0 Å². The van der Waals surface area contributed by atoms with Gasteiger partial charge in [0.25, 0.3) is 0 Å². The number of rotatable bonds is 0. The predicted molar refractivity (Wildman–Crippen MR) is 27.4 cm³/mol. The number of hydrogen-bond donors (Lipinski definition) is 0. The lowest BCUT2D eigenvalue weighted by Crippen LogP contribution is -1.89. The van der Waals surface area contributed by atoms with Gasteiger partial charge in [0, 0.05) is 0 Å². The minimum absolute atomic E-state index is 0.713. The summed E-state index contributed by atoms with van der Waals surface area (Å²) in [5.74, 6) is 0. The summed E-state index contributed by atoms with van der Waals surface area (Å²) in [5.41, 5.74) is 0. The third kappa shape index (κ3) is 3.09. The van der Waals surface area contributed by atoms with Crippen molar-refractivity contribution in [2.24, 2.45) is 4.99 Å². The smallest absolute Gasteiger partial charge is 0.442 e. The number of hydrogen-bond acceptors (Lipinski definition) is 3. The first-order valence-corrected chi connectivity index (χ1v) is 1.88. The number of carbonyl (C=O) groups excluding carboxylic acids is 1. The van der Waals surface area contributed by atoms with Crippen molar-refractivity contribution in [3.63, 3.8) is 0 Å². The number of nitrogens with zero attached hydrogens (tertiary/aromatic N) is 1. The first kappa shape index (κ1) is 6.27. The van der Waals surface area contributed by atoms with Crippen molar-refractivity contribution >= 4 is 23.5 Å². The molecule has 0 aliphatic rings. The summed E-state index contributed by atoms with van der Waals surface area (Å²) in [5, 5.41) is 1.85. The second kappa shape index (κ2) is 3.46. The van der Waals surface area contributed by atoms with E-state index in [1.165, 1.54) is 7.11 Å². The number of ether oxygens (including phenoxy) is 1. The fourth-order valence-corrected chi connectivity index (χ4v) is 0.157. The Morgan fingerprint density at radius 1 is 2.00 bits per heavy atom. The number of amides is 1. The van der Waals surface area contributed by atoms with Crippen LogP contribution in [0.4, 0.5) is 4.79 Å². The molecule has 0 heterocycles. The van der Waals surface area contributed by atoms with Crippen LogP contribution >= 0.6 is 12.2 Å². The van der Waals surface area contributed by atoms with E-state index in [2.05, 4.69) is 21.9 Å². The zero-order valence-electron chi connectivity index (χ0n) is 3.67. The number of thiocarbonyl (C=S) groups is 1. The average Bonchev–Trinajstić information content (AvgIpc) is 1.68. The summed E-state index contributed by atoms with van der Waals surface area (Å²) in [7, 11) is 1.22. The predicted octanol–water partition coefficient (Wildman–Crippen LogP) is 0.856. The second-order valence-electron chi connectivity index (χ2n) is 0.673. The van der Waals surface area contributed by atoms with Crippen LogP contribution in [0.3, 0.4) is 0 Å². The molecule has 0 aromatic rings. The normalized spacial score (nSPS) is 6.43. The Labute approximate surface area is 46.0 Å². The molecule has 1 amide bonds. The summed E-state index contributed by atoms with van der Waals surface area (Å²) in [6.07, 6.45) is -0.713. The van der Waals surface area contributed by atoms with E-state index >= 15 is 0 Å². The van der Waals surface area contributed by atoms with Crippen molar-refractivity contribution in [2.45, 2.75) is 0 Å². The van der Waals surface area contributed by atoms with Gasteiger partial charge in [0.2, 0.25) is 0 Å². The van der Waals surface area contributed by atoms with Gasteiger partial charge in [-0.25, -0.2) is 4.79 Å². The van der Waals surface area contributed by atoms with Gasteiger partial charge in [-0.05, 0) is 12.2 Å². The zero-order chi connectivity index (χ0) is 5.70. The van der Waals surface area contributed by atoms with E-state index in [0.29, 0.717) is 0 Å². The van der Waals surface area contributed by atoms with Crippen LogP contribution in [0.25, 0.3) is 0 Å². The van der Waals surface area contributed by atoms with Gasteiger partial charge in [-0.2, -0.15) is 0 Å². The van der Waals surface area contributed by atoms with Gasteiger partial charge < -0.3 is 4.74 Å². The van der Waals surface area contributed by atoms with Gasteiger partial charge in [-0.15, -0.1) is 4.99 Å². The summed E-state index contributed by atoms with van der Waals surface area (Å²) in [6, 6.07) is 0. The van der Waals surface area contributed by atoms with Gasteiger partial charge in [0.1, 0.15) is 0 Å². The fourth-order valence-electron chi connectivity index (χ4n) is 0.0829. The van der Waals surface area contributed by atoms with Crippen LogP contribution in [-0.4, -0.2) is 18.4 Å². The summed E-state index contributed by atoms with van der Waals surface area (Å²) in [6.45, 7) is 0. The van der Waals surface area contributed by atoms with Crippen molar-refractivity contribution in [2.75, 3.05) is 7.11 Å². The minimum Gasteiger partial charge on any atom is -0.451 e. The SMILES string of the molecule is COC(=O)N=C=S. The van der Waals surface area contributed by atoms with Crippen LogP contribution in [0, 0.1) is 0 Å². The van der Waals surface area contributed by atoms with Crippen LogP contribution in [0.1, 0.15) is 0 Å². The van der Waals surface area contributed by atoms with E-state index in [0.717, 1.165) is 0 Å². The molecule has 0 rings (SSSR count). The molecular formula is C3H3NO2S. The maximum absolute atomic E-state index is 9.89. The molecule has 0 aromatic carbocycles. The second-order valence-corrected chi connectivity index (χ2v) is 0.856. The van der Waals surface area contributed by atoms with E-state index in [1.807, 2.05) is 5.16 Å². The first-order chi connectivity index (χ1) is 3.31. The molecule has 3 nitrogen and oxygen atoms in total. The third-order valence-electron chi connectivity index (χ3n) is 0.312. The van der Waals surface area contributed by atoms with Gasteiger partial charge in [0.15, 0.2) is 0 Å². The van der Waals surface area contributed by atoms with Gasteiger partial charge in [-0.3, -0.25) is 0 Å². The van der Waals surface area contributed by atoms with E-state index in [9.17, 15) is 4.79 Å². The molecule has 0 unspecified atom stereocenters. The number of isothiocyanates is 1. The highest BCUT2D eigenvalue weighted by Crippen LogP contribution is 1.73. The van der Waals surface area contributed by atoms with Gasteiger partial charge in [0.05, 0.1) is 12.3 Å². The average molecular weight is 117 g/mol. The Bertz CT molecular complexity index is 116. The van der Waals surface area contributed by atoms with Crippen LogP contribution < -0.4 is 0 Å². The Morgan fingerprint density at radius 2 is 2.57 bits per heavy atom. The number of carbonyl (C=O) groups is 1. The van der Waals surface area contributed by atoms with E-state index in [-0.39, 0.29) is 0 Å². The lowest BCUT2D eigenvalue weighted by atomic mass is 11.2. The molecule has 0 saturated heterocycles. The van der Waals surface area contributed by atoms with Crippen molar-refractivity contribution in [1.82, 2.24) is 0 Å². The Kier molecular flexibility index (Phi) is 3.10. The lowest BCUT2D eigenvalue weighted by Gasteiger charge is -1.81. The van der Waals surface area contributed by atoms with Crippen LogP contribution in [0.15, 0.2) is 4.99 Å². The molecule has 4 heteroatoms. The Balaban J connectivity index is 3.58. The molecule has 38 valence electrons. The molecular weight excluding hydrogens is 114 g/mol. The Morgan fingerprint density at radius 3 is 2.71 bits per heavy atom. The summed E-state index contributed by atoms with van der Waals surface area (Å²) < 4.78 is 4.06. The molecule has 7 heavy (non-hydrogen) atoms. The lowest BCUT2D eigenvalue weighted by molar-refractivity contribution is 0.183. The molecule has 0 fully saturated rings. The molecule has 0 N–H and O–H groups in total. The largest absolute Gasteiger partial charge is 0.451 e. The number of aliphatic imine (C=N–C) groups is 1. The molecule has 0 spiro atoms. The third-order valence-corrected chi connectivity index (χ3v) is 0.403. The minimum atomic E-state index is -0.713. The van der Waals surface area contributed by atoms with E-state index in [4.69, 9.17) is 0 Å². The summed E-state index contributed by atoms with van der Waals surface area (Å²) >= 11 is 4.08. The van der Waals surface area contributed by atoms with Crippen LogP contribution in [0.5, 0.6) is 0 Å². The first-order valence-electron chi connectivity index (χ1n) is 1.47. The topological polar surface area (TPSA) is 38.7 Å². The quantitative estimate of drug-likeness (QED) is 0.349. The Hall–Kier alpha value is -0.730. The summed E-state index contributed by atoms with van der Waals surface area (Å²) in [4.78, 5) is 12.8. The molecule has 0 saturated carbocycles. The van der Waals surface area contributed by atoms with Crippen molar-refractivity contribution in [3.8, 4) is 0 Å². The molecule has 0 aliphatic carbocycles. The monoisotopic (exact) mass is 117 g/mol. The highest BCUT2D eigenvalue weighted by molar-refractivity contribution is 7.78. The maximum Gasteiger partial charge on any atom is 0.442 e. The molecule has 0 bridgehead atoms. The van der Waals surface area contributed by atoms with Gasteiger partial charge in [-0.1, -0.05) is 0 Å². The standard InChI is InChI=1S/C3H3NO2S/c1-6-3(5)4-2-7/h1H3. The van der Waals surface area contributed by atoms with Gasteiger partial charge >= 0.3 is 6.09 Å². The number of methoxy groups -OCH3 is 1. The molecule has 0 aliphatic heterocycles. The molecule has 0 radical (unpaired) electrons. The molecule has 0 atom stereocenters. The van der Waals surface area contributed by atoms with Crippen LogP contribution in [0.2, 0.25) is 0 Å². The fraction of sp³-hybridized carbons (Fsp3) is 0.333. The molecule has 0 aromatic heterocycles. The highest BCUT2D eigenvalue weighted by Gasteiger charge is 1.86. The van der Waals surface area contributed by atoms with Crippen molar-refractivity contribution in [3.05, 3.63) is 0 Å². The van der Waals surface area contributed by atoms with E-state index in [1.54, 1.807) is 0 Å². The van der Waals surface area contributed by atoms with E-state index < -0.39 is 6.09 Å². The van der Waals surface area contributed by atoms with Crippen LogP contribution in [-0.2, 0) is 4.74 Å². The van der Waals surface area contributed by atoms with Crippen molar-refractivity contribution < 1.29 is 9.53 Å².